The van der Waals surface area contributed by atoms with Gasteiger partial charge in [0.25, 0.3) is 0 Å². The van der Waals surface area contributed by atoms with Crippen LogP contribution in [-0.4, -0.2) is 92.5 Å². The Balaban J connectivity index is 1.14. The van der Waals surface area contributed by atoms with Crippen molar-refractivity contribution in [2.45, 2.75) is 95.2 Å². The predicted molar refractivity (Wildman–Crippen MR) is 195 cm³/mol. The molecule has 2 aromatic carbocycles. The van der Waals surface area contributed by atoms with Crippen LogP contribution >= 0.6 is 0 Å². The van der Waals surface area contributed by atoms with E-state index in [-0.39, 0.29) is 58.4 Å². The third kappa shape index (κ3) is 4.85. The van der Waals surface area contributed by atoms with E-state index in [1.807, 2.05) is 32.6 Å². The normalized spacial score (nSPS) is 29.7. The lowest BCUT2D eigenvalue weighted by atomic mass is 9.92. The van der Waals surface area contributed by atoms with E-state index in [0.29, 0.717) is 52.5 Å². The Morgan fingerprint density at radius 3 is 2.77 bits per heavy atom. The number of piperazine rings is 1. The Morgan fingerprint density at radius 1 is 1.11 bits per heavy atom. The molecule has 1 unspecified atom stereocenters. The Morgan fingerprint density at radius 2 is 1.96 bits per heavy atom. The lowest BCUT2D eigenvalue weighted by molar-refractivity contribution is 0.000934. The van der Waals surface area contributed by atoms with Gasteiger partial charge in [0.05, 0.1) is 29.2 Å². The van der Waals surface area contributed by atoms with Crippen molar-refractivity contribution in [3.8, 4) is 35.5 Å². The molecule has 4 saturated heterocycles. The van der Waals surface area contributed by atoms with Crippen LogP contribution in [0.4, 0.5) is 19.4 Å². The summed E-state index contributed by atoms with van der Waals surface area (Å²) in [4.78, 5) is 34.9. The van der Waals surface area contributed by atoms with Crippen LogP contribution in [0.1, 0.15) is 65.4 Å². The summed E-state index contributed by atoms with van der Waals surface area (Å²) in [6.45, 7) is 10.6. The molecule has 5 aliphatic heterocycles. The molecule has 4 aromatic rings. The maximum atomic E-state index is 17.4. The van der Waals surface area contributed by atoms with Crippen LogP contribution in [0.25, 0.3) is 32.9 Å². The molecule has 5 fully saturated rings. The number of benzene rings is 2. The molecule has 7 heterocycles. The summed E-state index contributed by atoms with van der Waals surface area (Å²) >= 11 is 0. The number of hydrogen-bond donors (Lipinski definition) is 0. The summed E-state index contributed by atoms with van der Waals surface area (Å²) in [5.74, 6) is 3.12. The van der Waals surface area contributed by atoms with Crippen LogP contribution in [0.15, 0.2) is 30.3 Å². The van der Waals surface area contributed by atoms with E-state index in [4.69, 9.17) is 35.6 Å². The molecule has 10 rings (SSSR count). The molecular weight excluding hydrogens is 678 g/mol. The highest BCUT2D eigenvalue weighted by Gasteiger charge is 2.64. The molecule has 2 bridgehead atoms. The van der Waals surface area contributed by atoms with Crippen LogP contribution in [0.5, 0.6) is 11.9 Å². The van der Waals surface area contributed by atoms with Crippen molar-refractivity contribution in [2.24, 2.45) is 11.8 Å². The zero-order valence-electron chi connectivity index (χ0n) is 30.4. The lowest BCUT2D eigenvalue weighted by Gasteiger charge is -2.48. The third-order valence-corrected chi connectivity index (χ3v) is 12.7. The number of fused-ring (bicyclic) bond motifs is 9. The highest BCUT2D eigenvalue weighted by atomic mass is 19.1. The number of piperidine rings is 1. The molecular formula is C41H42F2N6O4. The average molecular weight is 721 g/mol. The summed E-state index contributed by atoms with van der Waals surface area (Å²) in [7, 11) is 0. The van der Waals surface area contributed by atoms with Crippen molar-refractivity contribution in [3.05, 3.63) is 47.5 Å². The smallest absolute Gasteiger partial charge is 0.410 e. The van der Waals surface area contributed by atoms with Crippen molar-refractivity contribution >= 4 is 33.6 Å². The molecule has 1 saturated carbocycles. The van der Waals surface area contributed by atoms with E-state index < -0.39 is 23.3 Å². The summed E-state index contributed by atoms with van der Waals surface area (Å²) < 4.78 is 51.7. The second-order valence-corrected chi connectivity index (χ2v) is 16.8. The number of rotatable bonds is 4. The SMILES string of the molecule is C#Cc1c(F)ccc2cccc(-c3nc4c5c(nc(OCC67CCCN6C[C@H]6C[C@H]67)nc5c3F)N3C[C@H]5CC[C@@H]([C@H]3[C@H](C)O4)N5C(=O)OC(C)(C)C)c12. The number of ether oxygens (including phenoxy) is 3. The van der Waals surface area contributed by atoms with Gasteiger partial charge in [-0.1, -0.05) is 30.2 Å². The largest absolute Gasteiger partial charge is 0.472 e. The van der Waals surface area contributed by atoms with Crippen molar-refractivity contribution in [1.29, 1.82) is 0 Å². The van der Waals surface area contributed by atoms with Gasteiger partial charge >= 0.3 is 12.1 Å². The fourth-order valence-electron chi connectivity index (χ4n) is 10.5. The van der Waals surface area contributed by atoms with E-state index in [1.54, 1.807) is 24.3 Å². The molecule has 0 spiro atoms. The Hall–Kier alpha value is -4.76. The first-order chi connectivity index (χ1) is 25.5. The molecule has 1 aliphatic carbocycles. The maximum absolute atomic E-state index is 17.4. The monoisotopic (exact) mass is 720 g/mol. The van der Waals surface area contributed by atoms with E-state index in [2.05, 4.69) is 15.7 Å². The van der Waals surface area contributed by atoms with Crippen molar-refractivity contribution < 1.29 is 27.8 Å². The van der Waals surface area contributed by atoms with Gasteiger partial charge in [0.15, 0.2) is 5.82 Å². The molecule has 2 aromatic heterocycles. The second-order valence-electron chi connectivity index (χ2n) is 16.8. The Bertz CT molecular complexity index is 2270. The molecule has 6 aliphatic rings. The molecule has 7 atom stereocenters. The number of halogens is 2. The summed E-state index contributed by atoms with van der Waals surface area (Å²) in [5, 5.41) is 1.37. The van der Waals surface area contributed by atoms with E-state index >= 15 is 8.78 Å². The number of aromatic nitrogens is 3. The lowest BCUT2D eigenvalue weighted by Crippen LogP contribution is -2.65. The molecule has 10 nitrogen and oxygen atoms in total. The van der Waals surface area contributed by atoms with Crippen LogP contribution in [0.3, 0.4) is 0 Å². The van der Waals surface area contributed by atoms with Gasteiger partial charge in [-0.3, -0.25) is 9.80 Å². The molecule has 53 heavy (non-hydrogen) atoms. The molecule has 12 heteroatoms. The first-order valence-corrected chi connectivity index (χ1v) is 18.9. The first kappa shape index (κ1) is 32.9. The quantitative estimate of drug-likeness (QED) is 0.214. The topological polar surface area (TPSA) is 93.2 Å². The number of amides is 1. The van der Waals surface area contributed by atoms with Gasteiger partial charge in [-0.25, -0.2) is 18.6 Å². The Kier molecular flexibility index (Phi) is 7.05. The number of anilines is 1. The molecule has 0 radical (unpaired) electrons. The van der Waals surface area contributed by atoms with Gasteiger partial charge in [0.1, 0.15) is 46.5 Å². The first-order valence-electron chi connectivity index (χ1n) is 18.9. The minimum atomic E-state index is -0.703. The van der Waals surface area contributed by atoms with Crippen molar-refractivity contribution in [1.82, 2.24) is 24.8 Å². The average Bonchev–Trinajstić information content (AvgIpc) is 3.56. The van der Waals surface area contributed by atoms with Gasteiger partial charge in [-0.2, -0.15) is 9.97 Å². The highest BCUT2D eigenvalue weighted by molar-refractivity contribution is 6.03. The second kappa shape index (κ2) is 11.4. The van der Waals surface area contributed by atoms with E-state index in [0.717, 1.165) is 38.8 Å². The van der Waals surface area contributed by atoms with Gasteiger partial charge in [0, 0.05) is 24.0 Å². The third-order valence-electron chi connectivity index (χ3n) is 12.7. The van der Waals surface area contributed by atoms with Gasteiger partial charge in [0.2, 0.25) is 5.88 Å². The van der Waals surface area contributed by atoms with Gasteiger partial charge < -0.3 is 19.1 Å². The van der Waals surface area contributed by atoms with E-state index in [1.165, 1.54) is 12.5 Å². The van der Waals surface area contributed by atoms with E-state index in [9.17, 15) is 4.79 Å². The van der Waals surface area contributed by atoms with Crippen LogP contribution in [0, 0.1) is 35.8 Å². The van der Waals surface area contributed by atoms with Gasteiger partial charge in [-0.15, -0.1) is 6.42 Å². The minimum Gasteiger partial charge on any atom is -0.472 e. The number of terminal acetylenes is 1. The van der Waals surface area contributed by atoms with Crippen molar-refractivity contribution in [2.75, 3.05) is 31.1 Å². The number of pyridine rings is 1. The van der Waals surface area contributed by atoms with Crippen LogP contribution in [-0.2, 0) is 4.74 Å². The fraction of sp³-hybridized carbons (Fsp3) is 0.512. The zero-order chi connectivity index (χ0) is 36.6. The Labute approximate surface area is 306 Å². The van der Waals surface area contributed by atoms with Crippen LogP contribution in [0.2, 0.25) is 0 Å². The maximum Gasteiger partial charge on any atom is 0.410 e. The predicted octanol–water partition coefficient (Wildman–Crippen LogP) is 6.71. The summed E-state index contributed by atoms with van der Waals surface area (Å²) in [6, 6.07) is 7.55. The van der Waals surface area contributed by atoms with Crippen LogP contribution < -0.4 is 14.4 Å². The highest BCUT2D eigenvalue weighted by Crippen LogP contribution is 2.59. The van der Waals surface area contributed by atoms with Crippen molar-refractivity contribution in [3.63, 3.8) is 0 Å². The zero-order valence-corrected chi connectivity index (χ0v) is 30.4. The number of nitrogens with zero attached hydrogens (tertiary/aromatic N) is 6. The minimum absolute atomic E-state index is 0.00642. The molecule has 0 N–H and O–H groups in total. The number of carbonyl (C=O) groups excluding carboxylic acids is 1. The summed E-state index contributed by atoms with van der Waals surface area (Å²) in [6.07, 6.45) is 9.89. The standard InChI is InChI=1S/C41H42F2N6O4/c1-6-25-28(42)13-11-22-9-7-10-26(30(22)25)33-32(43)34-31-36(46-38(45-34)51-20-41-15-8-16-47(41)18-23-17-27(23)41)48-19-24-12-14-29(35(48)21(2)52-37(31)44-33)49(24)39(50)53-40(3,4)5/h1,7,9-11,13,21,23-24,27,29,35H,8,12,14-20H2,2-5H3/t21-,23+,24+,27+,29-,35+,41?/m0/s1. The number of hydrogen-bond acceptors (Lipinski definition) is 9. The summed E-state index contributed by atoms with van der Waals surface area (Å²) in [5.41, 5.74) is -0.410. The molecule has 1 amide bonds. The number of carbonyl (C=O) groups is 1. The molecule has 274 valence electrons. The fourth-order valence-corrected chi connectivity index (χ4v) is 10.5. The van der Waals surface area contributed by atoms with Gasteiger partial charge in [-0.05, 0) is 89.6 Å².